The van der Waals surface area contributed by atoms with E-state index in [-0.39, 0.29) is 17.7 Å². The monoisotopic (exact) mass is 347 g/mol. The molecule has 128 valence electrons. The van der Waals surface area contributed by atoms with Crippen LogP contribution in [0.15, 0.2) is 29.6 Å². The number of aromatic nitrogens is 1. The van der Waals surface area contributed by atoms with E-state index in [1.165, 1.54) is 11.3 Å². The first kappa shape index (κ1) is 17.9. The molecular formula is C17H21N3O3S. The smallest absolute Gasteiger partial charge is 0.251 e. The van der Waals surface area contributed by atoms with Crippen LogP contribution in [0.3, 0.4) is 0 Å². The van der Waals surface area contributed by atoms with E-state index in [1.54, 1.807) is 31.4 Å². The van der Waals surface area contributed by atoms with Crippen molar-refractivity contribution in [1.29, 1.82) is 0 Å². The van der Waals surface area contributed by atoms with Crippen LogP contribution in [-0.2, 0) is 4.79 Å². The van der Waals surface area contributed by atoms with Gasteiger partial charge in [0.1, 0.15) is 11.8 Å². The fourth-order valence-corrected chi connectivity index (χ4v) is 2.79. The van der Waals surface area contributed by atoms with Crippen molar-refractivity contribution < 1.29 is 14.3 Å². The summed E-state index contributed by atoms with van der Waals surface area (Å²) in [6.07, 6.45) is 0. The molecule has 2 rings (SSSR count). The molecule has 0 aliphatic rings. The first-order valence-electron chi connectivity index (χ1n) is 7.58. The number of rotatable bonds is 6. The number of nitrogens with zero attached hydrogens (tertiary/aromatic N) is 1. The summed E-state index contributed by atoms with van der Waals surface area (Å²) in [5.41, 5.74) is 1.32. The van der Waals surface area contributed by atoms with E-state index < -0.39 is 6.04 Å². The number of ether oxygens (including phenoxy) is 1. The van der Waals surface area contributed by atoms with Crippen molar-refractivity contribution >= 4 is 28.3 Å². The molecule has 0 spiro atoms. The average Bonchev–Trinajstić information content (AvgIpc) is 2.96. The van der Waals surface area contributed by atoms with Crippen LogP contribution in [0.5, 0.6) is 5.75 Å². The van der Waals surface area contributed by atoms with Gasteiger partial charge in [-0.1, -0.05) is 13.8 Å². The summed E-state index contributed by atoms with van der Waals surface area (Å²) in [5.74, 6) is 0.0279. The summed E-state index contributed by atoms with van der Waals surface area (Å²) in [4.78, 5) is 29.0. The van der Waals surface area contributed by atoms with Crippen molar-refractivity contribution in [2.24, 2.45) is 5.92 Å². The Labute approximate surface area is 145 Å². The van der Waals surface area contributed by atoms with Gasteiger partial charge in [-0.2, -0.15) is 0 Å². The van der Waals surface area contributed by atoms with Crippen LogP contribution in [-0.4, -0.2) is 29.9 Å². The maximum absolute atomic E-state index is 12.5. The first-order valence-corrected chi connectivity index (χ1v) is 8.46. The zero-order chi connectivity index (χ0) is 17.7. The number of carbonyl (C=O) groups is 2. The molecule has 0 radical (unpaired) electrons. The number of anilines is 1. The van der Waals surface area contributed by atoms with Crippen molar-refractivity contribution in [3.63, 3.8) is 0 Å². The van der Waals surface area contributed by atoms with Crippen LogP contribution in [0.1, 0.15) is 29.9 Å². The van der Waals surface area contributed by atoms with E-state index >= 15 is 0 Å². The van der Waals surface area contributed by atoms with Gasteiger partial charge in [0.05, 0.1) is 12.8 Å². The lowest BCUT2D eigenvalue weighted by Crippen LogP contribution is -2.47. The van der Waals surface area contributed by atoms with Gasteiger partial charge >= 0.3 is 0 Å². The van der Waals surface area contributed by atoms with Gasteiger partial charge in [0.15, 0.2) is 5.13 Å². The Morgan fingerprint density at radius 3 is 2.38 bits per heavy atom. The van der Waals surface area contributed by atoms with Gasteiger partial charge in [-0.15, -0.1) is 11.3 Å². The van der Waals surface area contributed by atoms with Gasteiger partial charge in [-0.3, -0.25) is 9.59 Å². The van der Waals surface area contributed by atoms with Crippen LogP contribution >= 0.6 is 11.3 Å². The lowest BCUT2D eigenvalue weighted by molar-refractivity contribution is -0.118. The van der Waals surface area contributed by atoms with Crippen molar-refractivity contribution in [3.05, 3.63) is 40.9 Å². The molecular weight excluding hydrogens is 326 g/mol. The van der Waals surface area contributed by atoms with Gasteiger partial charge in [0.2, 0.25) is 5.91 Å². The average molecular weight is 347 g/mol. The fraction of sp³-hybridized carbons (Fsp3) is 0.353. The van der Waals surface area contributed by atoms with E-state index in [1.807, 2.05) is 26.2 Å². The summed E-state index contributed by atoms with van der Waals surface area (Å²) >= 11 is 1.36. The maximum atomic E-state index is 12.5. The first-order chi connectivity index (χ1) is 11.4. The summed E-state index contributed by atoms with van der Waals surface area (Å²) < 4.78 is 5.07. The highest BCUT2D eigenvalue weighted by Gasteiger charge is 2.25. The molecule has 1 aromatic carbocycles. The zero-order valence-electron chi connectivity index (χ0n) is 14.1. The Morgan fingerprint density at radius 1 is 1.21 bits per heavy atom. The second-order valence-electron chi connectivity index (χ2n) is 5.71. The Hall–Kier alpha value is -2.41. The number of hydrogen-bond acceptors (Lipinski definition) is 5. The molecule has 0 saturated carbocycles. The SMILES string of the molecule is COc1ccc(C(=O)NC(C(=O)Nc2nc(C)cs2)C(C)C)cc1. The topological polar surface area (TPSA) is 80.3 Å². The lowest BCUT2D eigenvalue weighted by Gasteiger charge is -2.21. The summed E-state index contributed by atoms with van der Waals surface area (Å²) in [6, 6.07) is 6.08. The van der Waals surface area contributed by atoms with E-state index in [0.717, 1.165) is 5.69 Å². The van der Waals surface area contributed by atoms with E-state index in [4.69, 9.17) is 4.74 Å². The van der Waals surface area contributed by atoms with Gasteiger partial charge in [-0.05, 0) is 37.1 Å². The Bertz CT molecular complexity index is 710. The van der Waals surface area contributed by atoms with Crippen LogP contribution in [0.2, 0.25) is 0 Å². The lowest BCUT2D eigenvalue weighted by atomic mass is 10.0. The van der Waals surface area contributed by atoms with Crippen LogP contribution in [0.4, 0.5) is 5.13 Å². The molecule has 1 atom stereocenters. The molecule has 6 nitrogen and oxygen atoms in total. The highest BCUT2D eigenvalue weighted by Crippen LogP contribution is 2.16. The van der Waals surface area contributed by atoms with Gasteiger partial charge in [0.25, 0.3) is 5.91 Å². The second kappa shape index (κ2) is 7.92. The largest absolute Gasteiger partial charge is 0.497 e. The van der Waals surface area contributed by atoms with Crippen molar-refractivity contribution in [1.82, 2.24) is 10.3 Å². The standard InChI is InChI=1S/C17H21N3O3S/c1-10(2)14(16(22)20-17-18-11(3)9-24-17)19-15(21)12-5-7-13(23-4)8-6-12/h5-10,14H,1-4H3,(H,19,21)(H,18,20,22). The van der Waals surface area contributed by atoms with E-state index in [2.05, 4.69) is 15.6 Å². The van der Waals surface area contributed by atoms with Crippen molar-refractivity contribution in [2.75, 3.05) is 12.4 Å². The van der Waals surface area contributed by atoms with Gasteiger partial charge in [0, 0.05) is 10.9 Å². The van der Waals surface area contributed by atoms with Crippen molar-refractivity contribution in [3.8, 4) is 5.75 Å². The third kappa shape index (κ3) is 4.55. The highest BCUT2D eigenvalue weighted by atomic mass is 32.1. The predicted molar refractivity (Wildman–Crippen MR) is 94.6 cm³/mol. The molecule has 24 heavy (non-hydrogen) atoms. The number of carbonyl (C=O) groups excluding carboxylic acids is 2. The molecule has 1 unspecified atom stereocenters. The molecule has 0 aliphatic carbocycles. The normalized spacial score (nSPS) is 11.9. The molecule has 0 aliphatic heterocycles. The molecule has 0 fully saturated rings. The molecule has 2 amide bonds. The molecule has 0 saturated heterocycles. The number of benzene rings is 1. The molecule has 1 aromatic heterocycles. The minimum atomic E-state index is -0.649. The molecule has 2 aromatic rings. The third-order valence-electron chi connectivity index (χ3n) is 3.44. The fourth-order valence-electron chi connectivity index (χ4n) is 2.10. The number of amides is 2. The van der Waals surface area contributed by atoms with Crippen molar-refractivity contribution in [2.45, 2.75) is 26.8 Å². The number of aryl methyl sites for hydroxylation is 1. The summed E-state index contributed by atoms with van der Waals surface area (Å²) in [5, 5.41) is 7.92. The second-order valence-corrected chi connectivity index (χ2v) is 6.57. The minimum Gasteiger partial charge on any atom is -0.497 e. The molecule has 2 N–H and O–H groups in total. The molecule has 7 heteroatoms. The zero-order valence-corrected chi connectivity index (χ0v) is 14.9. The quantitative estimate of drug-likeness (QED) is 0.842. The highest BCUT2D eigenvalue weighted by molar-refractivity contribution is 7.13. The summed E-state index contributed by atoms with van der Waals surface area (Å²) in [6.45, 7) is 5.62. The van der Waals surface area contributed by atoms with Gasteiger partial charge in [-0.25, -0.2) is 4.98 Å². The Balaban J connectivity index is 2.06. The van der Waals surface area contributed by atoms with Crippen LogP contribution in [0.25, 0.3) is 0 Å². The van der Waals surface area contributed by atoms with Gasteiger partial charge < -0.3 is 15.4 Å². The molecule has 1 heterocycles. The predicted octanol–water partition coefficient (Wildman–Crippen LogP) is 2.85. The summed E-state index contributed by atoms with van der Waals surface area (Å²) in [7, 11) is 1.56. The number of hydrogen-bond donors (Lipinski definition) is 2. The van der Waals surface area contributed by atoms with Crippen LogP contribution < -0.4 is 15.4 Å². The van der Waals surface area contributed by atoms with Crippen LogP contribution in [0, 0.1) is 12.8 Å². The third-order valence-corrected chi connectivity index (χ3v) is 4.31. The minimum absolute atomic E-state index is 0.0618. The Morgan fingerprint density at radius 2 is 1.88 bits per heavy atom. The maximum Gasteiger partial charge on any atom is 0.251 e. The number of nitrogens with one attached hydrogen (secondary N) is 2. The number of methoxy groups -OCH3 is 1. The van der Waals surface area contributed by atoms with E-state index in [0.29, 0.717) is 16.4 Å². The number of thiazole rings is 1. The molecule has 0 bridgehead atoms. The Kier molecular flexibility index (Phi) is 5.92. The van der Waals surface area contributed by atoms with E-state index in [9.17, 15) is 9.59 Å².